The molecule has 2 aromatic rings. The Labute approximate surface area is 167 Å². The Morgan fingerprint density at radius 2 is 1.86 bits per heavy atom. The van der Waals surface area contributed by atoms with Crippen LogP contribution in [0.1, 0.15) is 11.1 Å². The molecule has 1 N–H and O–H groups in total. The van der Waals surface area contributed by atoms with Gasteiger partial charge in [-0.25, -0.2) is 4.39 Å². The number of anilines is 1. The molecule has 1 aliphatic rings. The molecule has 0 atom stereocenters. The molecule has 0 unspecified atom stereocenters. The van der Waals surface area contributed by atoms with Crippen LogP contribution in [-0.4, -0.2) is 47.7 Å². The number of nitrogens with zero attached hydrogens (tertiary/aromatic N) is 2. The number of alkyl halides is 2. The minimum absolute atomic E-state index is 0.0653. The number of benzene rings is 2. The zero-order valence-corrected chi connectivity index (χ0v) is 16.3. The predicted molar refractivity (Wildman–Crippen MR) is 107 cm³/mol. The van der Waals surface area contributed by atoms with E-state index in [2.05, 4.69) is 15.0 Å². The van der Waals surface area contributed by atoms with E-state index in [1.807, 2.05) is 11.0 Å². The molecule has 1 aliphatic heterocycles. The molecule has 2 aromatic carbocycles. The largest absolute Gasteiger partial charge is 0.433 e. The van der Waals surface area contributed by atoms with Crippen molar-refractivity contribution in [1.29, 1.82) is 0 Å². The lowest BCUT2D eigenvalue weighted by atomic mass is 10.2. The molecule has 28 heavy (non-hydrogen) atoms. The van der Waals surface area contributed by atoms with Gasteiger partial charge in [0.05, 0.1) is 5.69 Å². The summed E-state index contributed by atoms with van der Waals surface area (Å²) in [5, 5.41) is 3.46. The molecule has 1 saturated heterocycles. The van der Waals surface area contributed by atoms with Crippen LogP contribution in [0.2, 0.25) is 0 Å². The highest BCUT2D eigenvalue weighted by atomic mass is 32.1. The van der Waals surface area contributed by atoms with Crippen molar-refractivity contribution >= 4 is 23.0 Å². The lowest BCUT2D eigenvalue weighted by molar-refractivity contribution is -0.0493. The summed E-state index contributed by atoms with van der Waals surface area (Å²) < 4.78 is 43.7. The molecule has 1 fully saturated rings. The number of halogens is 3. The van der Waals surface area contributed by atoms with Crippen molar-refractivity contribution in [3.05, 3.63) is 59.4 Å². The van der Waals surface area contributed by atoms with Gasteiger partial charge >= 0.3 is 6.61 Å². The average Bonchev–Trinajstić information content (AvgIpc) is 2.66. The highest BCUT2D eigenvalue weighted by Crippen LogP contribution is 2.28. The predicted octanol–water partition coefficient (Wildman–Crippen LogP) is 4.25. The van der Waals surface area contributed by atoms with Gasteiger partial charge in [-0.15, -0.1) is 0 Å². The van der Waals surface area contributed by atoms with Crippen LogP contribution in [0.25, 0.3) is 0 Å². The molecular formula is C20H22F3N3OS. The van der Waals surface area contributed by atoms with Gasteiger partial charge in [-0.1, -0.05) is 24.3 Å². The quantitative estimate of drug-likeness (QED) is 0.746. The normalized spacial score (nSPS) is 15.0. The first kappa shape index (κ1) is 20.4. The van der Waals surface area contributed by atoms with E-state index in [9.17, 15) is 13.2 Å². The molecule has 3 rings (SSSR count). The van der Waals surface area contributed by atoms with E-state index in [1.165, 1.54) is 6.07 Å². The molecular weight excluding hydrogens is 387 g/mol. The maximum absolute atomic E-state index is 13.8. The lowest BCUT2D eigenvalue weighted by Gasteiger charge is -2.36. The molecule has 150 valence electrons. The minimum Gasteiger partial charge on any atom is -0.433 e. The number of ether oxygens (including phenoxy) is 1. The van der Waals surface area contributed by atoms with E-state index in [4.69, 9.17) is 12.2 Å². The summed E-state index contributed by atoms with van der Waals surface area (Å²) >= 11 is 5.44. The number of hydrogen-bond acceptors (Lipinski definition) is 3. The summed E-state index contributed by atoms with van der Waals surface area (Å²) in [6.45, 7) is 2.22. The Kier molecular flexibility index (Phi) is 6.74. The Bertz CT molecular complexity index is 826. The zero-order chi connectivity index (χ0) is 20.1. The van der Waals surface area contributed by atoms with Crippen LogP contribution in [0.15, 0.2) is 42.5 Å². The highest BCUT2D eigenvalue weighted by Gasteiger charge is 2.21. The van der Waals surface area contributed by atoms with Crippen LogP contribution in [0.4, 0.5) is 18.9 Å². The molecule has 0 aliphatic carbocycles. The van der Waals surface area contributed by atoms with Gasteiger partial charge in [-0.05, 0) is 42.9 Å². The summed E-state index contributed by atoms with van der Waals surface area (Å²) in [7, 11) is 0. The van der Waals surface area contributed by atoms with Gasteiger partial charge in [0.15, 0.2) is 5.11 Å². The van der Waals surface area contributed by atoms with Crippen LogP contribution in [0, 0.1) is 12.7 Å². The molecule has 0 bridgehead atoms. The summed E-state index contributed by atoms with van der Waals surface area (Å²) in [6, 6.07) is 11.8. The van der Waals surface area contributed by atoms with Crippen LogP contribution < -0.4 is 10.1 Å². The van der Waals surface area contributed by atoms with E-state index in [0.717, 1.165) is 18.7 Å². The topological polar surface area (TPSA) is 27.7 Å². The fraction of sp³-hybridized carbons (Fsp3) is 0.350. The van der Waals surface area contributed by atoms with Gasteiger partial charge in [0.25, 0.3) is 0 Å². The fourth-order valence-corrected chi connectivity index (χ4v) is 3.39. The van der Waals surface area contributed by atoms with Gasteiger partial charge in [-0.3, -0.25) is 4.90 Å². The van der Waals surface area contributed by atoms with E-state index in [-0.39, 0.29) is 11.6 Å². The smallest absolute Gasteiger partial charge is 0.387 e. The van der Waals surface area contributed by atoms with E-state index in [1.54, 1.807) is 37.3 Å². The summed E-state index contributed by atoms with van der Waals surface area (Å²) in [5.74, 6) is -0.136. The van der Waals surface area contributed by atoms with Crippen molar-refractivity contribution in [2.45, 2.75) is 20.1 Å². The number of rotatable bonds is 5. The van der Waals surface area contributed by atoms with E-state index in [0.29, 0.717) is 36.0 Å². The van der Waals surface area contributed by atoms with Crippen LogP contribution in [0.5, 0.6) is 5.75 Å². The Morgan fingerprint density at radius 1 is 1.14 bits per heavy atom. The van der Waals surface area contributed by atoms with Gasteiger partial charge in [0, 0.05) is 38.3 Å². The maximum atomic E-state index is 13.8. The van der Waals surface area contributed by atoms with Gasteiger partial charge in [0.1, 0.15) is 11.6 Å². The molecule has 8 heteroatoms. The van der Waals surface area contributed by atoms with Crippen LogP contribution in [-0.2, 0) is 6.54 Å². The van der Waals surface area contributed by atoms with Gasteiger partial charge in [-0.2, -0.15) is 8.78 Å². The first-order valence-corrected chi connectivity index (χ1v) is 9.40. The first-order valence-electron chi connectivity index (χ1n) is 8.99. The summed E-state index contributed by atoms with van der Waals surface area (Å²) in [6.07, 6.45) is 0. The maximum Gasteiger partial charge on any atom is 0.387 e. The third-order valence-corrected chi connectivity index (χ3v) is 4.97. The van der Waals surface area contributed by atoms with Gasteiger partial charge < -0.3 is 15.0 Å². The van der Waals surface area contributed by atoms with Crippen molar-refractivity contribution in [2.75, 3.05) is 31.5 Å². The fourth-order valence-electron chi connectivity index (χ4n) is 3.10. The zero-order valence-electron chi connectivity index (χ0n) is 15.5. The van der Waals surface area contributed by atoms with Crippen LogP contribution in [0.3, 0.4) is 0 Å². The number of hydrogen-bond donors (Lipinski definition) is 1. The average molecular weight is 409 g/mol. The molecule has 0 amide bonds. The molecule has 4 nitrogen and oxygen atoms in total. The third kappa shape index (κ3) is 5.36. The molecule has 0 spiro atoms. The number of piperazine rings is 1. The minimum atomic E-state index is -2.90. The monoisotopic (exact) mass is 409 g/mol. The molecule has 1 heterocycles. The molecule has 0 radical (unpaired) electrons. The van der Waals surface area contributed by atoms with Crippen molar-refractivity contribution in [2.24, 2.45) is 0 Å². The van der Waals surface area contributed by atoms with Gasteiger partial charge in [0.2, 0.25) is 0 Å². The van der Waals surface area contributed by atoms with Crippen molar-refractivity contribution in [3.8, 4) is 5.75 Å². The first-order chi connectivity index (χ1) is 13.4. The third-order valence-electron chi connectivity index (χ3n) is 4.61. The van der Waals surface area contributed by atoms with Crippen LogP contribution >= 0.6 is 12.2 Å². The number of nitrogens with one attached hydrogen (secondary N) is 1. The second-order valence-corrected chi connectivity index (χ2v) is 7.05. The summed E-state index contributed by atoms with van der Waals surface area (Å²) in [5.41, 5.74) is 1.89. The number of thiocarbonyl (C=S) groups is 1. The molecule has 0 aromatic heterocycles. The second kappa shape index (κ2) is 9.25. The summed E-state index contributed by atoms with van der Waals surface area (Å²) in [4.78, 5) is 4.13. The Hall–Kier alpha value is -2.32. The Morgan fingerprint density at radius 3 is 2.54 bits per heavy atom. The Balaban J connectivity index is 1.56. The standard InChI is InChI=1S/C20H22F3N3OS/c1-14-6-7-17(18(12-14)27-19(22)23)24-20(28)26-10-8-25(9-11-26)13-15-4-2-3-5-16(15)21/h2-7,12,19H,8-11,13H2,1H3,(H,24,28). The number of aryl methyl sites for hydroxylation is 1. The van der Waals surface area contributed by atoms with E-state index < -0.39 is 6.61 Å². The second-order valence-electron chi connectivity index (χ2n) is 6.66. The SMILES string of the molecule is Cc1ccc(NC(=S)N2CCN(Cc3ccccc3F)CC2)c(OC(F)F)c1. The van der Waals surface area contributed by atoms with Crippen molar-refractivity contribution in [3.63, 3.8) is 0 Å². The van der Waals surface area contributed by atoms with E-state index >= 15 is 0 Å². The highest BCUT2D eigenvalue weighted by molar-refractivity contribution is 7.80. The van der Waals surface area contributed by atoms with Crippen molar-refractivity contribution < 1.29 is 17.9 Å². The van der Waals surface area contributed by atoms with Crippen molar-refractivity contribution in [1.82, 2.24) is 9.80 Å². The molecule has 0 saturated carbocycles. The lowest BCUT2D eigenvalue weighted by Crippen LogP contribution is -2.49.